The van der Waals surface area contributed by atoms with E-state index in [2.05, 4.69) is 4.98 Å². The minimum atomic E-state index is -3.38. The van der Waals surface area contributed by atoms with Gasteiger partial charge in [0.25, 0.3) is 0 Å². The minimum absolute atomic E-state index is 0.00333. The molecular formula is C12H16N2O4S. The third kappa shape index (κ3) is 3.51. The van der Waals surface area contributed by atoms with Crippen LogP contribution in [0.15, 0.2) is 24.5 Å². The van der Waals surface area contributed by atoms with Crippen molar-refractivity contribution < 1.29 is 18.3 Å². The first-order valence-electron chi connectivity index (χ1n) is 6.08. The predicted octanol–water partition coefficient (Wildman–Crippen LogP) is 0.360. The predicted molar refractivity (Wildman–Crippen MR) is 69.0 cm³/mol. The highest BCUT2D eigenvalue weighted by Gasteiger charge is 2.34. The lowest BCUT2D eigenvalue weighted by atomic mass is 10.1. The van der Waals surface area contributed by atoms with Crippen LogP contribution in [0, 0.1) is 5.92 Å². The van der Waals surface area contributed by atoms with Gasteiger partial charge in [-0.3, -0.25) is 9.78 Å². The quantitative estimate of drug-likeness (QED) is 0.843. The molecule has 1 atom stereocenters. The van der Waals surface area contributed by atoms with Crippen molar-refractivity contribution >= 4 is 16.0 Å². The summed E-state index contributed by atoms with van der Waals surface area (Å²) in [4.78, 5) is 14.7. The molecule has 0 aromatic carbocycles. The average Bonchev–Trinajstić information content (AvgIpc) is 2.88. The van der Waals surface area contributed by atoms with Crippen molar-refractivity contribution in [2.24, 2.45) is 5.92 Å². The van der Waals surface area contributed by atoms with E-state index in [1.807, 2.05) is 0 Å². The molecule has 0 aliphatic carbocycles. The number of nitrogens with zero attached hydrogens (tertiary/aromatic N) is 2. The topological polar surface area (TPSA) is 87.6 Å². The Morgan fingerprint density at radius 1 is 1.42 bits per heavy atom. The highest BCUT2D eigenvalue weighted by molar-refractivity contribution is 7.89. The molecule has 104 valence electrons. The number of carboxylic acid groups (broad SMARTS) is 1. The Morgan fingerprint density at radius 3 is 2.68 bits per heavy atom. The van der Waals surface area contributed by atoms with Crippen molar-refractivity contribution in [3.05, 3.63) is 30.1 Å². The van der Waals surface area contributed by atoms with E-state index in [1.54, 1.807) is 24.5 Å². The standard InChI is InChI=1S/C12H16N2O4S/c15-12(16)11-3-7-14(9-11)19(17,18)8-4-10-1-5-13-6-2-10/h1-2,5-6,11H,3-4,7-9H2,(H,15,16). The molecule has 0 amide bonds. The number of hydrogen-bond donors (Lipinski definition) is 1. The molecule has 2 rings (SSSR count). The SMILES string of the molecule is O=C(O)C1CCN(S(=O)(=O)CCc2ccncc2)C1. The highest BCUT2D eigenvalue weighted by Crippen LogP contribution is 2.20. The Balaban J connectivity index is 1.94. The molecule has 1 aromatic heterocycles. The molecule has 0 bridgehead atoms. The number of carbonyl (C=O) groups is 1. The van der Waals surface area contributed by atoms with Gasteiger partial charge in [-0.1, -0.05) is 0 Å². The molecule has 0 spiro atoms. The van der Waals surface area contributed by atoms with Crippen LogP contribution in [-0.4, -0.2) is 47.6 Å². The van der Waals surface area contributed by atoms with Crippen LogP contribution >= 0.6 is 0 Å². The van der Waals surface area contributed by atoms with E-state index in [0.717, 1.165) is 5.56 Å². The molecular weight excluding hydrogens is 268 g/mol. The lowest BCUT2D eigenvalue weighted by Crippen LogP contribution is -2.32. The first kappa shape index (κ1) is 14.0. The Bertz CT molecular complexity index is 544. The third-order valence-electron chi connectivity index (χ3n) is 3.29. The number of sulfonamides is 1. The maximum atomic E-state index is 12.1. The van der Waals surface area contributed by atoms with Gasteiger partial charge < -0.3 is 5.11 Å². The van der Waals surface area contributed by atoms with Crippen molar-refractivity contribution in [1.82, 2.24) is 9.29 Å². The van der Waals surface area contributed by atoms with Crippen LogP contribution in [0.3, 0.4) is 0 Å². The third-order valence-corrected chi connectivity index (χ3v) is 5.13. The lowest BCUT2D eigenvalue weighted by molar-refractivity contribution is -0.141. The van der Waals surface area contributed by atoms with Crippen molar-refractivity contribution in [2.45, 2.75) is 12.8 Å². The maximum absolute atomic E-state index is 12.1. The second kappa shape index (κ2) is 5.66. The smallest absolute Gasteiger partial charge is 0.307 e. The fourth-order valence-corrected chi connectivity index (χ4v) is 3.65. The maximum Gasteiger partial charge on any atom is 0.307 e. The van der Waals surface area contributed by atoms with Gasteiger partial charge in [0.1, 0.15) is 0 Å². The van der Waals surface area contributed by atoms with Crippen LogP contribution in [0.1, 0.15) is 12.0 Å². The van der Waals surface area contributed by atoms with Gasteiger partial charge in [0.05, 0.1) is 11.7 Å². The van der Waals surface area contributed by atoms with Crippen LogP contribution < -0.4 is 0 Å². The zero-order valence-electron chi connectivity index (χ0n) is 10.4. The fraction of sp³-hybridized carbons (Fsp3) is 0.500. The van der Waals surface area contributed by atoms with E-state index in [9.17, 15) is 13.2 Å². The van der Waals surface area contributed by atoms with Crippen LogP contribution in [-0.2, 0) is 21.2 Å². The van der Waals surface area contributed by atoms with Gasteiger partial charge >= 0.3 is 5.97 Å². The van der Waals surface area contributed by atoms with Gasteiger partial charge in [0.2, 0.25) is 10.0 Å². The first-order valence-corrected chi connectivity index (χ1v) is 7.69. The summed E-state index contributed by atoms with van der Waals surface area (Å²) in [6, 6.07) is 3.55. The molecule has 1 unspecified atom stereocenters. The minimum Gasteiger partial charge on any atom is -0.481 e. The number of carboxylic acids is 1. The molecule has 2 heterocycles. The normalized spacial score (nSPS) is 20.5. The Hall–Kier alpha value is -1.47. The Kier molecular flexibility index (Phi) is 4.16. The van der Waals surface area contributed by atoms with Crippen molar-refractivity contribution in [3.8, 4) is 0 Å². The number of aryl methyl sites for hydroxylation is 1. The largest absolute Gasteiger partial charge is 0.481 e. The Morgan fingerprint density at radius 2 is 2.11 bits per heavy atom. The van der Waals surface area contributed by atoms with E-state index >= 15 is 0 Å². The summed E-state index contributed by atoms with van der Waals surface area (Å²) < 4.78 is 25.5. The first-order chi connectivity index (χ1) is 8.99. The molecule has 19 heavy (non-hydrogen) atoms. The molecule has 1 aliphatic heterocycles. The number of aliphatic carboxylic acids is 1. The summed E-state index contributed by atoms with van der Waals surface area (Å²) in [5, 5.41) is 8.88. The van der Waals surface area contributed by atoms with Crippen molar-refractivity contribution in [2.75, 3.05) is 18.8 Å². The van der Waals surface area contributed by atoms with Gasteiger partial charge in [0.15, 0.2) is 0 Å². The summed E-state index contributed by atoms with van der Waals surface area (Å²) >= 11 is 0. The van der Waals surface area contributed by atoms with Gasteiger partial charge in [0, 0.05) is 25.5 Å². The molecule has 1 N–H and O–H groups in total. The average molecular weight is 284 g/mol. The van der Waals surface area contributed by atoms with Gasteiger partial charge in [-0.05, 0) is 30.5 Å². The van der Waals surface area contributed by atoms with Gasteiger partial charge in [-0.25, -0.2) is 12.7 Å². The lowest BCUT2D eigenvalue weighted by Gasteiger charge is -2.15. The summed E-state index contributed by atoms with van der Waals surface area (Å²) in [5.74, 6) is -1.49. The molecule has 7 heteroatoms. The van der Waals surface area contributed by atoms with Crippen LogP contribution in [0.5, 0.6) is 0 Å². The van der Waals surface area contributed by atoms with Gasteiger partial charge in [-0.2, -0.15) is 0 Å². The number of hydrogen-bond acceptors (Lipinski definition) is 4. The second-order valence-electron chi connectivity index (χ2n) is 4.60. The summed E-state index contributed by atoms with van der Waals surface area (Å²) in [7, 11) is -3.38. The number of pyridine rings is 1. The molecule has 1 saturated heterocycles. The van der Waals surface area contributed by atoms with Crippen LogP contribution in [0.25, 0.3) is 0 Å². The van der Waals surface area contributed by atoms with Crippen molar-refractivity contribution in [1.29, 1.82) is 0 Å². The van der Waals surface area contributed by atoms with Crippen LogP contribution in [0.2, 0.25) is 0 Å². The molecule has 1 aromatic rings. The Labute approximate surface area is 112 Å². The zero-order chi connectivity index (χ0) is 13.9. The van der Waals surface area contributed by atoms with E-state index in [1.165, 1.54) is 4.31 Å². The van der Waals surface area contributed by atoms with E-state index < -0.39 is 21.9 Å². The van der Waals surface area contributed by atoms with E-state index in [4.69, 9.17) is 5.11 Å². The molecule has 1 aliphatic rings. The molecule has 0 radical (unpaired) electrons. The summed E-state index contributed by atoms with van der Waals surface area (Å²) in [6.07, 6.45) is 4.06. The van der Waals surface area contributed by atoms with Crippen molar-refractivity contribution in [3.63, 3.8) is 0 Å². The summed E-state index contributed by atoms with van der Waals surface area (Å²) in [6.45, 7) is 0.393. The highest BCUT2D eigenvalue weighted by atomic mass is 32.2. The fourth-order valence-electron chi connectivity index (χ4n) is 2.11. The van der Waals surface area contributed by atoms with Gasteiger partial charge in [-0.15, -0.1) is 0 Å². The number of aromatic nitrogens is 1. The molecule has 1 fully saturated rings. The number of rotatable bonds is 5. The van der Waals surface area contributed by atoms with E-state index in [-0.39, 0.29) is 12.3 Å². The van der Waals surface area contributed by atoms with E-state index in [0.29, 0.717) is 19.4 Å². The second-order valence-corrected chi connectivity index (χ2v) is 6.69. The zero-order valence-corrected chi connectivity index (χ0v) is 11.2. The van der Waals surface area contributed by atoms with Crippen LogP contribution in [0.4, 0.5) is 0 Å². The monoisotopic (exact) mass is 284 g/mol. The molecule has 0 saturated carbocycles. The molecule has 6 nitrogen and oxygen atoms in total. The summed E-state index contributed by atoms with van der Waals surface area (Å²) in [5.41, 5.74) is 0.910.